The average molecular weight is 445 g/mol. The zero-order chi connectivity index (χ0) is 18.9. The van der Waals surface area contributed by atoms with Gasteiger partial charge in [0, 0.05) is 11.9 Å². The zero-order valence-corrected chi connectivity index (χ0v) is 18.2. The lowest BCUT2D eigenvalue weighted by atomic mass is 9.72. The minimum Gasteiger partial charge on any atom is -0.263 e. The number of aromatic nitrogens is 6. The van der Waals surface area contributed by atoms with E-state index < -0.39 is 0 Å². The van der Waals surface area contributed by atoms with Crippen molar-refractivity contribution in [3.63, 3.8) is 0 Å². The Kier molecular flexibility index (Phi) is 3.75. The molecule has 6 nitrogen and oxygen atoms in total. The summed E-state index contributed by atoms with van der Waals surface area (Å²) in [5.74, 6) is 1.38. The molecule has 5 rings (SSSR count). The maximum absolute atomic E-state index is 4.88. The molecule has 0 saturated heterocycles. The van der Waals surface area contributed by atoms with Gasteiger partial charge >= 0.3 is 0 Å². The Balaban J connectivity index is 1.69. The summed E-state index contributed by atoms with van der Waals surface area (Å²) in [6.45, 7) is 7.05. The van der Waals surface area contributed by atoms with Crippen molar-refractivity contribution in [1.82, 2.24) is 29.4 Å². The lowest BCUT2D eigenvalue weighted by Crippen LogP contribution is -2.26. The molecule has 27 heavy (non-hydrogen) atoms. The van der Waals surface area contributed by atoms with E-state index in [1.165, 1.54) is 22.2 Å². The van der Waals surface area contributed by atoms with E-state index in [-0.39, 0.29) is 0 Å². The Labute approximate surface area is 169 Å². The van der Waals surface area contributed by atoms with Crippen molar-refractivity contribution in [2.45, 2.75) is 40.0 Å². The number of hydrogen-bond donors (Lipinski definition) is 0. The fourth-order valence-corrected chi connectivity index (χ4v) is 5.86. The van der Waals surface area contributed by atoms with E-state index in [1.807, 2.05) is 18.4 Å². The summed E-state index contributed by atoms with van der Waals surface area (Å²) in [6, 6.07) is 0. The van der Waals surface area contributed by atoms with Crippen LogP contribution in [0.5, 0.6) is 0 Å². The molecule has 0 fully saturated rings. The van der Waals surface area contributed by atoms with Gasteiger partial charge in [0.2, 0.25) is 5.82 Å². The number of aryl methyl sites for hydroxylation is 2. The number of halogens is 1. The summed E-state index contributed by atoms with van der Waals surface area (Å²) < 4.78 is 4.49. The van der Waals surface area contributed by atoms with Gasteiger partial charge in [0.05, 0.1) is 16.1 Å². The number of rotatable bonds is 1. The molecule has 1 atom stereocenters. The number of hydrogen-bond acceptors (Lipinski definition) is 5. The van der Waals surface area contributed by atoms with Gasteiger partial charge in [-0.3, -0.25) is 4.68 Å². The van der Waals surface area contributed by atoms with Gasteiger partial charge in [-0.15, -0.1) is 16.4 Å². The lowest BCUT2D eigenvalue weighted by Gasteiger charge is -2.33. The highest BCUT2D eigenvalue weighted by Gasteiger charge is 2.32. The Morgan fingerprint density at radius 3 is 2.81 bits per heavy atom. The van der Waals surface area contributed by atoms with Crippen LogP contribution in [0.1, 0.15) is 37.6 Å². The normalized spacial score (nSPS) is 17.7. The lowest BCUT2D eigenvalue weighted by molar-refractivity contribution is 0.218. The van der Waals surface area contributed by atoms with Crippen LogP contribution in [0.25, 0.3) is 27.4 Å². The molecule has 8 heteroatoms. The fourth-order valence-electron chi connectivity index (χ4n) is 4.08. The summed E-state index contributed by atoms with van der Waals surface area (Å²) in [6.07, 6.45) is 7.00. The molecule has 4 aromatic heterocycles. The van der Waals surface area contributed by atoms with Crippen molar-refractivity contribution in [1.29, 1.82) is 0 Å². The van der Waals surface area contributed by atoms with Crippen LogP contribution in [0.3, 0.4) is 0 Å². The molecule has 1 aliphatic carbocycles. The molecule has 0 N–H and O–H groups in total. The SMILES string of the molecule is Cn1ncc(Br)c1-c1nc2c3c4c(sc3ncn2n1)C[C@H](C(C)(C)C)CC4. The summed E-state index contributed by atoms with van der Waals surface area (Å²) in [5, 5.41) is 10.1. The molecule has 0 radical (unpaired) electrons. The van der Waals surface area contributed by atoms with Gasteiger partial charge in [-0.05, 0) is 52.1 Å². The third-order valence-electron chi connectivity index (χ3n) is 5.72. The van der Waals surface area contributed by atoms with Crippen molar-refractivity contribution < 1.29 is 0 Å². The van der Waals surface area contributed by atoms with E-state index in [2.05, 4.69) is 51.9 Å². The molecule has 0 aromatic carbocycles. The van der Waals surface area contributed by atoms with E-state index in [9.17, 15) is 0 Å². The summed E-state index contributed by atoms with van der Waals surface area (Å²) in [5.41, 5.74) is 3.54. The largest absolute Gasteiger partial charge is 0.263 e. The highest BCUT2D eigenvalue weighted by molar-refractivity contribution is 9.10. The van der Waals surface area contributed by atoms with Crippen LogP contribution in [-0.2, 0) is 19.9 Å². The summed E-state index contributed by atoms with van der Waals surface area (Å²) in [7, 11) is 1.90. The Bertz CT molecular complexity index is 1160. The Hall–Kier alpha value is -1.80. The van der Waals surface area contributed by atoms with Gasteiger partial charge in [0.15, 0.2) is 5.65 Å². The topological polar surface area (TPSA) is 60.9 Å². The second-order valence-electron chi connectivity index (χ2n) is 8.40. The van der Waals surface area contributed by atoms with Crippen molar-refractivity contribution in [3.05, 3.63) is 27.4 Å². The maximum Gasteiger partial charge on any atom is 0.201 e. The maximum atomic E-state index is 4.88. The van der Waals surface area contributed by atoms with E-state index in [4.69, 9.17) is 4.98 Å². The predicted octanol–water partition coefficient (Wildman–Crippen LogP) is 4.65. The van der Waals surface area contributed by atoms with Crippen LogP contribution in [0.15, 0.2) is 17.0 Å². The van der Waals surface area contributed by atoms with Gasteiger partial charge in [-0.2, -0.15) is 5.10 Å². The molecular formula is C19H21BrN6S. The van der Waals surface area contributed by atoms with Gasteiger partial charge in [-0.1, -0.05) is 20.8 Å². The smallest absolute Gasteiger partial charge is 0.201 e. The van der Waals surface area contributed by atoms with Gasteiger partial charge in [-0.25, -0.2) is 14.5 Å². The van der Waals surface area contributed by atoms with Crippen molar-refractivity contribution in [2.24, 2.45) is 18.4 Å². The first-order valence-corrected chi connectivity index (χ1v) is 10.8. The van der Waals surface area contributed by atoms with Gasteiger partial charge in [0.1, 0.15) is 16.9 Å². The fraction of sp³-hybridized carbons (Fsp3) is 0.474. The third kappa shape index (κ3) is 2.64. The molecule has 1 aliphatic rings. The van der Waals surface area contributed by atoms with Gasteiger partial charge in [0.25, 0.3) is 0 Å². The molecular weight excluding hydrogens is 424 g/mol. The summed E-state index contributed by atoms with van der Waals surface area (Å²) in [4.78, 5) is 12.1. The van der Waals surface area contributed by atoms with Crippen molar-refractivity contribution in [2.75, 3.05) is 0 Å². The second kappa shape index (κ2) is 5.85. The highest BCUT2D eigenvalue weighted by atomic mass is 79.9. The van der Waals surface area contributed by atoms with E-state index in [0.717, 1.165) is 33.5 Å². The van der Waals surface area contributed by atoms with Crippen LogP contribution in [0, 0.1) is 11.3 Å². The molecule has 0 bridgehead atoms. The first kappa shape index (κ1) is 17.3. The number of thiophene rings is 1. The first-order chi connectivity index (χ1) is 12.8. The van der Waals surface area contributed by atoms with Crippen molar-refractivity contribution in [3.8, 4) is 11.5 Å². The first-order valence-electron chi connectivity index (χ1n) is 9.16. The van der Waals surface area contributed by atoms with E-state index in [0.29, 0.717) is 17.2 Å². The predicted molar refractivity (Wildman–Crippen MR) is 111 cm³/mol. The van der Waals surface area contributed by atoms with E-state index >= 15 is 0 Å². The van der Waals surface area contributed by atoms with Crippen molar-refractivity contribution >= 4 is 43.1 Å². The number of nitrogens with zero attached hydrogens (tertiary/aromatic N) is 6. The minimum absolute atomic E-state index is 0.338. The Morgan fingerprint density at radius 2 is 2.11 bits per heavy atom. The van der Waals surface area contributed by atoms with Crippen LogP contribution >= 0.6 is 27.3 Å². The molecule has 4 aromatic rings. The molecule has 0 spiro atoms. The monoisotopic (exact) mass is 444 g/mol. The molecule has 140 valence electrons. The zero-order valence-electron chi connectivity index (χ0n) is 15.8. The van der Waals surface area contributed by atoms with Crippen LogP contribution in [0.4, 0.5) is 0 Å². The minimum atomic E-state index is 0.338. The molecule has 0 aliphatic heterocycles. The van der Waals surface area contributed by atoms with Crippen LogP contribution in [-0.4, -0.2) is 29.4 Å². The molecule has 0 unspecified atom stereocenters. The van der Waals surface area contributed by atoms with Crippen LogP contribution in [0.2, 0.25) is 0 Å². The summed E-state index contributed by atoms with van der Waals surface area (Å²) >= 11 is 5.38. The number of fused-ring (bicyclic) bond motifs is 5. The standard InChI is InChI=1S/C19H21BrN6S/c1-19(2,3)10-5-6-11-13(7-10)27-18-14(11)17-23-16(24-26(17)9-21-18)15-12(20)8-22-25(15)4/h8-10H,5-7H2,1-4H3/t10-/m1/s1. The second-order valence-corrected chi connectivity index (χ2v) is 10.3. The average Bonchev–Trinajstić information content (AvgIpc) is 3.27. The highest BCUT2D eigenvalue weighted by Crippen LogP contribution is 2.43. The van der Waals surface area contributed by atoms with E-state index in [1.54, 1.807) is 21.7 Å². The molecule has 0 amide bonds. The third-order valence-corrected chi connectivity index (χ3v) is 7.46. The Morgan fingerprint density at radius 1 is 1.30 bits per heavy atom. The molecule has 0 saturated carbocycles. The quantitative estimate of drug-likeness (QED) is 0.428. The molecule has 4 heterocycles. The van der Waals surface area contributed by atoms with Crippen LogP contribution < -0.4 is 0 Å². The van der Waals surface area contributed by atoms with Gasteiger partial charge < -0.3 is 0 Å².